The summed E-state index contributed by atoms with van der Waals surface area (Å²) in [4.78, 5) is 59.9. The van der Waals surface area contributed by atoms with Gasteiger partial charge in [0.15, 0.2) is 0 Å². The molecular weight excluding hydrogens is 402 g/mol. The van der Waals surface area contributed by atoms with Crippen molar-refractivity contribution in [2.24, 2.45) is 5.73 Å². The molecule has 5 amide bonds. The van der Waals surface area contributed by atoms with Crippen LogP contribution in [0.25, 0.3) is 0 Å². The predicted molar refractivity (Wildman–Crippen MR) is 102 cm³/mol. The van der Waals surface area contributed by atoms with Gasteiger partial charge < -0.3 is 16.4 Å². The number of nitrogens with one attached hydrogen (secondary N) is 2. The Morgan fingerprint density at radius 3 is 2.72 bits per heavy atom. The van der Waals surface area contributed by atoms with E-state index in [4.69, 9.17) is 5.73 Å². The van der Waals surface area contributed by atoms with Crippen molar-refractivity contribution in [3.8, 4) is 0 Å². The molecule has 0 bridgehead atoms. The van der Waals surface area contributed by atoms with E-state index >= 15 is 0 Å². The van der Waals surface area contributed by atoms with E-state index < -0.39 is 40.8 Å². The second-order valence-electron chi connectivity index (χ2n) is 6.33. The molecule has 12 heteroatoms. The molecule has 1 aliphatic rings. The lowest BCUT2D eigenvalue weighted by Crippen LogP contribution is -2.42. The molecule has 2 heterocycles. The normalized spacial score (nSPS) is 18.4. The molecule has 1 aromatic carbocycles. The van der Waals surface area contributed by atoms with Crippen molar-refractivity contribution in [1.29, 1.82) is 0 Å². The van der Waals surface area contributed by atoms with E-state index in [1.54, 1.807) is 5.38 Å². The van der Waals surface area contributed by atoms with Gasteiger partial charge in [0.2, 0.25) is 5.91 Å². The van der Waals surface area contributed by atoms with E-state index in [2.05, 4.69) is 10.6 Å². The van der Waals surface area contributed by atoms with Crippen molar-refractivity contribution in [2.45, 2.75) is 12.5 Å². The molecule has 0 saturated carbocycles. The average Bonchev–Trinajstić information content (AvgIpc) is 3.21. The van der Waals surface area contributed by atoms with Crippen LogP contribution in [-0.4, -0.2) is 40.1 Å². The van der Waals surface area contributed by atoms with Gasteiger partial charge in [-0.1, -0.05) is 12.1 Å². The summed E-state index contributed by atoms with van der Waals surface area (Å²) in [6.07, 6.45) is 0. The van der Waals surface area contributed by atoms with E-state index in [0.717, 1.165) is 11.3 Å². The standard InChI is InChI=1S/C17H15N5O6S/c1-17(9-3-2-4-10(7-9)22(27)28)15(25)21(16(26)20-17)8-12(23)19-14-11(13(18)24)5-6-29-14/h2-7H,8H2,1H3,(H2,18,24)(H,19,23)(H,20,26). The van der Waals surface area contributed by atoms with Crippen LogP contribution in [0.3, 0.4) is 0 Å². The molecule has 150 valence electrons. The highest BCUT2D eigenvalue weighted by atomic mass is 32.1. The fourth-order valence-corrected chi connectivity index (χ4v) is 3.69. The Kier molecular flexibility index (Phi) is 5.03. The maximum Gasteiger partial charge on any atom is 0.325 e. The number of rotatable bonds is 6. The number of imide groups is 1. The molecular formula is C17H15N5O6S. The van der Waals surface area contributed by atoms with E-state index in [1.807, 2.05) is 0 Å². The molecule has 0 aliphatic carbocycles. The topological polar surface area (TPSA) is 165 Å². The second-order valence-corrected chi connectivity index (χ2v) is 7.25. The Morgan fingerprint density at radius 1 is 1.34 bits per heavy atom. The molecule has 0 spiro atoms. The minimum absolute atomic E-state index is 0.113. The highest BCUT2D eigenvalue weighted by molar-refractivity contribution is 7.14. The number of anilines is 1. The number of urea groups is 1. The molecule has 3 rings (SSSR count). The molecule has 0 radical (unpaired) electrons. The van der Waals surface area contributed by atoms with E-state index in [9.17, 15) is 29.3 Å². The number of benzene rings is 1. The number of hydrogen-bond donors (Lipinski definition) is 3. The van der Waals surface area contributed by atoms with Crippen LogP contribution in [0.2, 0.25) is 0 Å². The number of nitro benzene ring substituents is 1. The highest BCUT2D eigenvalue weighted by Crippen LogP contribution is 2.31. The molecule has 1 fully saturated rings. The van der Waals surface area contributed by atoms with Crippen LogP contribution in [0.1, 0.15) is 22.8 Å². The van der Waals surface area contributed by atoms with Gasteiger partial charge in [0.25, 0.3) is 17.5 Å². The maximum absolute atomic E-state index is 12.9. The summed E-state index contributed by atoms with van der Waals surface area (Å²) in [7, 11) is 0. The first-order valence-corrected chi connectivity index (χ1v) is 9.07. The van der Waals surface area contributed by atoms with Crippen molar-refractivity contribution in [2.75, 3.05) is 11.9 Å². The summed E-state index contributed by atoms with van der Waals surface area (Å²) >= 11 is 1.07. The predicted octanol–water partition coefficient (Wildman–Crippen LogP) is 1.16. The Balaban J connectivity index is 1.79. The fourth-order valence-electron chi connectivity index (χ4n) is 2.88. The molecule has 29 heavy (non-hydrogen) atoms. The maximum atomic E-state index is 12.9. The number of nitrogens with zero attached hydrogens (tertiary/aromatic N) is 2. The smallest absolute Gasteiger partial charge is 0.325 e. The van der Waals surface area contributed by atoms with Gasteiger partial charge >= 0.3 is 6.03 Å². The lowest BCUT2D eigenvalue weighted by atomic mass is 9.91. The van der Waals surface area contributed by atoms with Gasteiger partial charge in [-0.25, -0.2) is 4.79 Å². The Hall–Kier alpha value is -3.80. The summed E-state index contributed by atoms with van der Waals surface area (Å²) < 4.78 is 0. The van der Waals surface area contributed by atoms with Gasteiger partial charge in [-0.3, -0.25) is 29.4 Å². The fraction of sp³-hybridized carbons (Fsp3) is 0.176. The molecule has 1 aromatic heterocycles. The third-order valence-electron chi connectivity index (χ3n) is 4.39. The molecule has 11 nitrogen and oxygen atoms in total. The zero-order valence-corrected chi connectivity index (χ0v) is 15.8. The SMILES string of the molecule is CC1(c2cccc([N+](=O)[O-])c2)NC(=O)N(CC(=O)Nc2sccc2C(N)=O)C1=O. The number of carbonyl (C=O) groups excluding carboxylic acids is 4. The number of thiophene rings is 1. The van der Waals surface area contributed by atoms with E-state index in [1.165, 1.54) is 37.3 Å². The number of carbonyl (C=O) groups is 4. The zero-order valence-electron chi connectivity index (χ0n) is 15.0. The molecule has 1 atom stereocenters. The van der Waals surface area contributed by atoms with Crippen molar-refractivity contribution < 1.29 is 24.1 Å². The first-order valence-electron chi connectivity index (χ1n) is 8.19. The average molecular weight is 417 g/mol. The quantitative estimate of drug-likeness (QED) is 0.362. The number of nitro groups is 1. The molecule has 4 N–H and O–H groups in total. The van der Waals surface area contributed by atoms with Crippen LogP contribution < -0.4 is 16.4 Å². The number of nitrogens with two attached hydrogens (primary N) is 1. The first-order chi connectivity index (χ1) is 13.6. The molecule has 2 aromatic rings. The van der Waals surface area contributed by atoms with Gasteiger partial charge in [0.05, 0.1) is 10.5 Å². The second kappa shape index (κ2) is 7.31. The van der Waals surface area contributed by atoms with Crippen LogP contribution in [0.15, 0.2) is 35.7 Å². The van der Waals surface area contributed by atoms with Crippen LogP contribution >= 0.6 is 11.3 Å². The van der Waals surface area contributed by atoms with Gasteiger partial charge in [-0.2, -0.15) is 0 Å². The highest BCUT2D eigenvalue weighted by Gasteiger charge is 2.49. The van der Waals surface area contributed by atoms with Gasteiger partial charge in [0, 0.05) is 12.1 Å². The van der Waals surface area contributed by atoms with Crippen molar-refractivity contribution >= 4 is 45.8 Å². The van der Waals surface area contributed by atoms with Crippen molar-refractivity contribution in [3.63, 3.8) is 0 Å². The molecule has 1 unspecified atom stereocenters. The number of amides is 5. The minimum Gasteiger partial charge on any atom is -0.366 e. The Bertz CT molecular complexity index is 1050. The van der Waals surface area contributed by atoms with Gasteiger partial charge in [-0.15, -0.1) is 11.3 Å². The molecule has 1 saturated heterocycles. The number of non-ortho nitro benzene ring substituents is 1. The van der Waals surface area contributed by atoms with E-state index in [-0.39, 0.29) is 21.8 Å². The Labute approximate surface area is 167 Å². The number of primary amides is 1. The lowest BCUT2D eigenvalue weighted by molar-refractivity contribution is -0.385. The summed E-state index contributed by atoms with van der Waals surface area (Å²) in [6.45, 7) is 0.792. The number of hydrogen-bond acceptors (Lipinski definition) is 7. The van der Waals surface area contributed by atoms with Crippen LogP contribution in [-0.2, 0) is 15.1 Å². The van der Waals surface area contributed by atoms with Crippen molar-refractivity contribution in [1.82, 2.24) is 10.2 Å². The van der Waals surface area contributed by atoms with Crippen LogP contribution in [0, 0.1) is 10.1 Å². The summed E-state index contributed by atoms with van der Waals surface area (Å²) in [6, 6.07) is 5.94. The minimum atomic E-state index is -1.56. The zero-order chi connectivity index (χ0) is 21.3. The third kappa shape index (κ3) is 3.65. The lowest BCUT2D eigenvalue weighted by Gasteiger charge is -2.22. The summed E-state index contributed by atoms with van der Waals surface area (Å²) in [5, 5.41) is 17.7. The summed E-state index contributed by atoms with van der Waals surface area (Å²) in [5.41, 5.74) is 3.74. The van der Waals surface area contributed by atoms with Gasteiger partial charge in [0.1, 0.15) is 17.1 Å². The molecule has 1 aliphatic heterocycles. The van der Waals surface area contributed by atoms with Crippen LogP contribution in [0.5, 0.6) is 0 Å². The largest absolute Gasteiger partial charge is 0.366 e. The summed E-state index contributed by atoms with van der Waals surface area (Å²) in [5.74, 6) is -2.17. The first kappa shape index (κ1) is 19.9. The van der Waals surface area contributed by atoms with E-state index in [0.29, 0.717) is 4.90 Å². The van der Waals surface area contributed by atoms with Crippen LogP contribution in [0.4, 0.5) is 15.5 Å². The Morgan fingerprint density at radius 2 is 2.07 bits per heavy atom. The van der Waals surface area contributed by atoms with Crippen molar-refractivity contribution in [3.05, 3.63) is 57.0 Å². The third-order valence-corrected chi connectivity index (χ3v) is 5.22. The van der Waals surface area contributed by atoms with Gasteiger partial charge in [-0.05, 0) is 23.9 Å². The monoisotopic (exact) mass is 417 g/mol.